The molecule has 2 saturated heterocycles. The van der Waals surface area contributed by atoms with Crippen LogP contribution in [-0.2, 0) is 9.59 Å². The summed E-state index contributed by atoms with van der Waals surface area (Å²) in [6, 6.07) is 0.554. The van der Waals surface area contributed by atoms with Gasteiger partial charge in [-0.15, -0.1) is 0 Å². The van der Waals surface area contributed by atoms with Crippen LogP contribution >= 0.6 is 0 Å². The zero-order chi connectivity index (χ0) is 17.1. The number of piperidine rings is 2. The minimum atomic E-state index is -0.0923. The van der Waals surface area contributed by atoms with E-state index in [1.54, 1.807) is 6.08 Å². The van der Waals surface area contributed by atoms with Crippen LogP contribution in [-0.4, -0.2) is 34.6 Å². The van der Waals surface area contributed by atoms with Crippen molar-refractivity contribution in [2.45, 2.75) is 70.9 Å². The van der Waals surface area contributed by atoms with Crippen LogP contribution in [0.15, 0.2) is 23.8 Å². The smallest absolute Gasteiger partial charge is 0.178 e. The van der Waals surface area contributed by atoms with E-state index >= 15 is 0 Å². The second kappa shape index (κ2) is 5.39. The Morgan fingerprint density at radius 3 is 2.83 bits per heavy atom. The second-order valence-electron chi connectivity index (χ2n) is 8.66. The van der Waals surface area contributed by atoms with Crippen molar-refractivity contribution >= 4 is 11.6 Å². The van der Waals surface area contributed by atoms with Crippen molar-refractivity contribution in [2.24, 2.45) is 17.3 Å². The molecule has 0 amide bonds. The number of carbonyl (C=O) groups is 2. The molecule has 0 spiro atoms. The lowest BCUT2D eigenvalue weighted by Crippen LogP contribution is -2.63. The number of allylic oxidation sites excluding steroid dienone is 2. The molecule has 2 unspecified atom stereocenters. The Morgan fingerprint density at radius 2 is 2.08 bits per heavy atom. The van der Waals surface area contributed by atoms with Crippen LogP contribution < -0.4 is 0 Å². The van der Waals surface area contributed by atoms with Gasteiger partial charge in [0.15, 0.2) is 5.78 Å². The van der Waals surface area contributed by atoms with E-state index in [2.05, 4.69) is 24.8 Å². The lowest BCUT2D eigenvalue weighted by molar-refractivity contribution is -0.130. The third-order valence-corrected chi connectivity index (χ3v) is 7.75. The number of rotatable bonds is 2. The van der Waals surface area contributed by atoms with Gasteiger partial charge in [-0.25, -0.2) is 0 Å². The summed E-state index contributed by atoms with van der Waals surface area (Å²) in [6.07, 6.45) is 11.9. The molecule has 3 nitrogen and oxygen atoms in total. The lowest BCUT2D eigenvalue weighted by atomic mass is 9.61. The quantitative estimate of drug-likeness (QED) is 0.776. The molecule has 5 atom stereocenters. The molecule has 2 aliphatic carbocycles. The third kappa shape index (κ3) is 2.06. The van der Waals surface area contributed by atoms with E-state index in [9.17, 15) is 9.59 Å². The Labute approximate surface area is 145 Å². The Bertz CT molecular complexity index is 648. The fourth-order valence-electron chi connectivity index (χ4n) is 6.34. The first kappa shape index (κ1) is 16.3. The van der Waals surface area contributed by atoms with Crippen LogP contribution in [0, 0.1) is 17.3 Å². The van der Waals surface area contributed by atoms with Crippen molar-refractivity contribution in [1.82, 2.24) is 4.90 Å². The Kier molecular flexibility index (Phi) is 3.65. The van der Waals surface area contributed by atoms with Crippen molar-refractivity contribution in [1.29, 1.82) is 0 Å². The highest BCUT2D eigenvalue weighted by Gasteiger charge is 2.58. The van der Waals surface area contributed by atoms with Crippen molar-refractivity contribution in [3.05, 3.63) is 23.8 Å². The lowest BCUT2D eigenvalue weighted by Gasteiger charge is -2.59. The van der Waals surface area contributed by atoms with Crippen molar-refractivity contribution in [3.8, 4) is 0 Å². The summed E-state index contributed by atoms with van der Waals surface area (Å²) in [5.41, 5.74) is 1.37. The summed E-state index contributed by atoms with van der Waals surface area (Å²) < 4.78 is 0. The molecule has 130 valence electrons. The molecule has 3 fully saturated rings. The molecular formula is C21H29NO2. The maximum absolute atomic E-state index is 12.5. The molecular weight excluding hydrogens is 298 g/mol. The van der Waals surface area contributed by atoms with Crippen LogP contribution in [0.1, 0.15) is 59.3 Å². The number of carbonyl (C=O) groups excluding carboxylic acids is 2. The SMILES string of the molecule is CCC(=O)C1CCC2[C@@H]3CCC4=CC(=O)C=C[C@]4(C)N3CC[C@]12C. The molecule has 4 aliphatic rings. The van der Waals surface area contributed by atoms with Crippen LogP contribution in [0.2, 0.25) is 0 Å². The van der Waals surface area contributed by atoms with Gasteiger partial charge in [0.25, 0.3) is 0 Å². The number of ketones is 2. The summed E-state index contributed by atoms with van der Waals surface area (Å²) in [6.45, 7) is 7.71. The molecule has 0 bridgehead atoms. The highest BCUT2D eigenvalue weighted by Crippen LogP contribution is 2.59. The van der Waals surface area contributed by atoms with E-state index in [1.807, 2.05) is 13.0 Å². The van der Waals surface area contributed by atoms with E-state index in [0.717, 1.165) is 32.2 Å². The number of hydrogen-bond acceptors (Lipinski definition) is 3. The zero-order valence-corrected chi connectivity index (χ0v) is 15.2. The first-order valence-electron chi connectivity index (χ1n) is 9.64. The summed E-state index contributed by atoms with van der Waals surface area (Å²) in [7, 11) is 0. The molecule has 1 saturated carbocycles. The molecule has 2 aliphatic heterocycles. The Morgan fingerprint density at radius 1 is 1.29 bits per heavy atom. The molecule has 0 aromatic rings. The van der Waals surface area contributed by atoms with Gasteiger partial charge >= 0.3 is 0 Å². The van der Waals surface area contributed by atoms with E-state index in [-0.39, 0.29) is 22.7 Å². The molecule has 24 heavy (non-hydrogen) atoms. The zero-order valence-electron chi connectivity index (χ0n) is 15.2. The summed E-state index contributed by atoms with van der Waals surface area (Å²) >= 11 is 0. The van der Waals surface area contributed by atoms with Gasteiger partial charge in [-0.3, -0.25) is 14.5 Å². The molecule has 4 rings (SSSR count). The maximum Gasteiger partial charge on any atom is 0.178 e. The summed E-state index contributed by atoms with van der Waals surface area (Å²) in [5, 5.41) is 0. The first-order valence-corrected chi connectivity index (χ1v) is 9.64. The van der Waals surface area contributed by atoms with E-state index in [4.69, 9.17) is 0 Å². The monoisotopic (exact) mass is 327 g/mol. The molecule has 0 N–H and O–H groups in total. The van der Waals surface area contributed by atoms with Crippen molar-refractivity contribution < 1.29 is 9.59 Å². The average Bonchev–Trinajstić information content (AvgIpc) is 2.92. The fourth-order valence-corrected chi connectivity index (χ4v) is 6.34. The minimum absolute atomic E-state index is 0.0923. The Hall–Kier alpha value is -1.22. The topological polar surface area (TPSA) is 37.4 Å². The van der Waals surface area contributed by atoms with Crippen molar-refractivity contribution in [2.75, 3.05) is 6.54 Å². The Balaban J connectivity index is 1.66. The van der Waals surface area contributed by atoms with Crippen LogP contribution in [0.4, 0.5) is 0 Å². The third-order valence-electron chi connectivity index (χ3n) is 7.75. The second-order valence-corrected chi connectivity index (χ2v) is 8.66. The number of hydrogen-bond donors (Lipinski definition) is 0. The number of fused-ring (bicyclic) bond motifs is 5. The molecule has 2 heterocycles. The first-order chi connectivity index (χ1) is 11.4. The van der Waals surface area contributed by atoms with Crippen LogP contribution in [0.25, 0.3) is 0 Å². The highest BCUT2D eigenvalue weighted by molar-refractivity contribution is 6.01. The van der Waals surface area contributed by atoms with Crippen LogP contribution in [0.3, 0.4) is 0 Å². The van der Waals surface area contributed by atoms with E-state index in [1.165, 1.54) is 12.0 Å². The van der Waals surface area contributed by atoms with E-state index < -0.39 is 0 Å². The van der Waals surface area contributed by atoms with Gasteiger partial charge in [0.1, 0.15) is 5.78 Å². The highest BCUT2D eigenvalue weighted by atomic mass is 16.1. The van der Waals surface area contributed by atoms with Gasteiger partial charge in [-0.1, -0.05) is 19.9 Å². The molecule has 0 radical (unpaired) electrons. The molecule has 0 aromatic carbocycles. The standard InChI is InChI=1S/C21H29NO2/c1-4-19(24)17-7-6-16-18-8-5-14-13-15(23)9-10-21(14,3)22(18)12-11-20(16,17)2/h9-10,13,16-18H,4-8,11-12H2,1-3H3/t16?,17?,18-,20-,21-/m0/s1. The van der Waals surface area contributed by atoms with Gasteiger partial charge in [0.05, 0.1) is 5.54 Å². The summed E-state index contributed by atoms with van der Waals surface area (Å²) in [4.78, 5) is 26.9. The molecule has 0 aromatic heterocycles. The maximum atomic E-state index is 12.5. The minimum Gasteiger partial charge on any atom is -0.299 e. The van der Waals surface area contributed by atoms with Gasteiger partial charge in [-0.2, -0.15) is 0 Å². The van der Waals surface area contributed by atoms with Gasteiger partial charge in [0.2, 0.25) is 0 Å². The predicted molar refractivity (Wildman–Crippen MR) is 94.6 cm³/mol. The van der Waals surface area contributed by atoms with Crippen molar-refractivity contribution in [3.63, 3.8) is 0 Å². The van der Waals surface area contributed by atoms with Crippen LogP contribution in [0.5, 0.6) is 0 Å². The van der Waals surface area contributed by atoms with Gasteiger partial charge in [-0.05, 0) is 68.1 Å². The number of nitrogens with zero attached hydrogens (tertiary/aromatic N) is 1. The fraction of sp³-hybridized carbons (Fsp3) is 0.714. The molecule has 3 heteroatoms. The van der Waals surface area contributed by atoms with E-state index in [0.29, 0.717) is 24.2 Å². The predicted octanol–water partition coefficient (Wildman–Crippen LogP) is 3.69. The largest absolute Gasteiger partial charge is 0.299 e. The number of Topliss-reactive ketones (excluding diaryl/α,β-unsaturated/α-hetero) is 1. The van der Waals surface area contributed by atoms with Gasteiger partial charge < -0.3 is 0 Å². The summed E-state index contributed by atoms with van der Waals surface area (Å²) in [5.74, 6) is 1.50. The van der Waals surface area contributed by atoms with Gasteiger partial charge in [0, 0.05) is 24.9 Å². The normalized spacial score (nSPS) is 44.5. The average molecular weight is 327 g/mol.